The van der Waals surface area contributed by atoms with Crippen LogP contribution in [0.25, 0.3) is 5.57 Å². The summed E-state index contributed by atoms with van der Waals surface area (Å²) < 4.78 is 0. The van der Waals surface area contributed by atoms with Crippen molar-refractivity contribution in [2.24, 2.45) is 0 Å². The van der Waals surface area contributed by atoms with Crippen LogP contribution >= 0.6 is 0 Å². The van der Waals surface area contributed by atoms with Crippen LogP contribution in [0.3, 0.4) is 0 Å². The second-order valence-electron chi connectivity index (χ2n) is 4.95. The summed E-state index contributed by atoms with van der Waals surface area (Å²) in [5.41, 5.74) is 3.65. The molecule has 1 aliphatic heterocycles. The minimum atomic E-state index is 0.0953. The highest BCUT2D eigenvalue weighted by atomic mass is 16.1. The summed E-state index contributed by atoms with van der Waals surface area (Å²) in [6.07, 6.45) is 11.8. The first kappa shape index (κ1) is 15.1. The van der Waals surface area contributed by atoms with Crippen molar-refractivity contribution in [3.63, 3.8) is 0 Å². The molecular weight excluding hydrogens is 260 g/mol. The summed E-state index contributed by atoms with van der Waals surface area (Å²) in [5.74, 6) is 0.0953. The van der Waals surface area contributed by atoms with Gasteiger partial charge in [0.1, 0.15) is 0 Å². The predicted octanol–water partition coefficient (Wildman–Crippen LogP) is 3.51. The van der Waals surface area contributed by atoms with Gasteiger partial charge in [-0.15, -0.1) is 0 Å². The maximum Gasteiger partial charge on any atom is 0.219 e. The lowest BCUT2D eigenvalue weighted by Crippen LogP contribution is -2.24. The number of amides is 1. The lowest BCUT2D eigenvalue weighted by Gasteiger charge is -2.27. The third-order valence-electron chi connectivity index (χ3n) is 3.51. The van der Waals surface area contributed by atoms with E-state index < -0.39 is 0 Å². The highest BCUT2D eigenvalue weighted by Gasteiger charge is 2.15. The minimum absolute atomic E-state index is 0.0953. The first-order valence-corrected chi connectivity index (χ1v) is 7.34. The molecule has 1 aromatic carbocycles. The Morgan fingerprint density at radius 2 is 2.14 bits per heavy atom. The lowest BCUT2D eigenvalue weighted by atomic mass is 9.99. The van der Waals surface area contributed by atoms with Crippen LogP contribution in [0.15, 0.2) is 54.8 Å². The summed E-state index contributed by atoms with van der Waals surface area (Å²) in [5, 5.41) is 2.66. The first-order valence-electron chi connectivity index (χ1n) is 7.34. The molecule has 0 saturated carbocycles. The number of hydrogen-bond acceptors (Lipinski definition) is 2. The number of fused-ring (bicyclic) bond motifs is 1. The molecule has 1 aromatic rings. The Labute approximate surface area is 126 Å². The summed E-state index contributed by atoms with van der Waals surface area (Å²) in [7, 11) is 1.68. The molecular formula is C18H22N2O. The quantitative estimate of drug-likeness (QED) is 0.896. The summed E-state index contributed by atoms with van der Waals surface area (Å²) in [6.45, 7) is 2.86. The van der Waals surface area contributed by atoms with Gasteiger partial charge < -0.3 is 10.2 Å². The van der Waals surface area contributed by atoms with E-state index in [9.17, 15) is 4.79 Å². The highest BCUT2D eigenvalue weighted by molar-refractivity contribution is 5.86. The number of anilines is 1. The molecule has 110 valence electrons. The van der Waals surface area contributed by atoms with Crippen LogP contribution < -0.4 is 10.2 Å². The third kappa shape index (κ3) is 3.85. The summed E-state index contributed by atoms with van der Waals surface area (Å²) in [6, 6.07) is 8.38. The van der Waals surface area contributed by atoms with Gasteiger partial charge in [-0.25, -0.2) is 0 Å². The van der Waals surface area contributed by atoms with Crippen molar-refractivity contribution in [3.05, 3.63) is 60.3 Å². The molecule has 2 rings (SSSR count). The maximum atomic E-state index is 11.3. The van der Waals surface area contributed by atoms with Crippen LogP contribution in [-0.4, -0.2) is 19.5 Å². The second kappa shape index (κ2) is 7.48. The second-order valence-corrected chi connectivity index (χ2v) is 4.95. The molecule has 3 nitrogen and oxygen atoms in total. The number of hydrogen-bond donors (Lipinski definition) is 1. The van der Waals surface area contributed by atoms with Gasteiger partial charge in [-0.2, -0.15) is 0 Å². The van der Waals surface area contributed by atoms with Gasteiger partial charge in [-0.3, -0.25) is 4.79 Å². The Balaban J connectivity index is 2.14. The molecule has 0 atom stereocenters. The summed E-state index contributed by atoms with van der Waals surface area (Å²) in [4.78, 5) is 13.5. The van der Waals surface area contributed by atoms with Crippen molar-refractivity contribution in [3.8, 4) is 0 Å². The fourth-order valence-electron chi connectivity index (χ4n) is 2.38. The van der Waals surface area contributed by atoms with E-state index in [0.29, 0.717) is 6.42 Å². The smallest absolute Gasteiger partial charge is 0.219 e. The van der Waals surface area contributed by atoms with Crippen LogP contribution in [0.1, 0.15) is 25.3 Å². The minimum Gasteiger partial charge on any atom is -0.359 e. The molecule has 1 aliphatic rings. The SMILES string of the molecule is CC=CC=C1C=CN(CCCC(=O)NC)c2ccccc21. The topological polar surface area (TPSA) is 32.3 Å². The molecule has 0 spiro atoms. The Morgan fingerprint density at radius 3 is 2.90 bits per heavy atom. The van der Waals surface area contributed by atoms with Crippen molar-refractivity contribution in [1.29, 1.82) is 0 Å². The average molecular weight is 282 g/mol. The van der Waals surface area contributed by atoms with Crippen LogP contribution in [-0.2, 0) is 4.79 Å². The molecule has 1 heterocycles. The van der Waals surface area contributed by atoms with Gasteiger partial charge in [0.15, 0.2) is 0 Å². The van der Waals surface area contributed by atoms with Gasteiger partial charge in [0.05, 0.1) is 0 Å². The van der Waals surface area contributed by atoms with Crippen LogP contribution in [0, 0.1) is 0 Å². The third-order valence-corrected chi connectivity index (χ3v) is 3.51. The normalized spacial score (nSPS) is 15.5. The van der Waals surface area contributed by atoms with Gasteiger partial charge in [0, 0.05) is 37.5 Å². The molecule has 0 unspecified atom stereocenters. The number of para-hydroxylation sites is 1. The van der Waals surface area contributed by atoms with Gasteiger partial charge in [-0.1, -0.05) is 36.4 Å². The van der Waals surface area contributed by atoms with Crippen LogP contribution in [0.4, 0.5) is 5.69 Å². The van der Waals surface area contributed by atoms with Crippen LogP contribution in [0.5, 0.6) is 0 Å². The lowest BCUT2D eigenvalue weighted by molar-refractivity contribution is -0.120. The average Bonchev–Trinajstić information content (AvgIpc) is 2.53. The van der Waals surface area contributed by atoms with E-state index in [1.54, 1.807) is 7.05 Å². The molecule has 1 amide bonds. The number of rotatable bonds is 5. The molecule has 0 bridgehead atoms. The van der Waals surface area contributed by atoms with Crippen molar-refractivity contribution >= 4 is 17.2 Å². The Hall–Kier alpha value is -2.29. The maximum absolute atomic E-state index is 11.3. The Morgan fingerprint density at radius 1 is 1.33 bits per heavy atom. The zero-order valence-electron chi connectivity index (χ0n) is 12.7. The van der Waals surface area contributed by atoms with Gasteiger partial charge in [-0.05, 0) is 31.1 Å². The highest BCUT2D eigenvalue weighted by Crippen LogP contribution is 2.32. The van der Waals surface area contributed by atoms with Crippen molar-refractivity contribution in [2.45, 2.75) is 19.8 Å². The zero-order chi connectivity index (χ0) is 15.1. The molecule has 3 heteroatoms. The Kier molecular flexibility index (Phi) is 5.38. The zero-order valence-corrected chi connectivity index (χ0v) is 12.7. The number of nitrogens with zero attached hydrogens (tertiary/aromatic N) is 1. The molecule has 0 aliphatic carbocycles. The number of benzene rings is 1. The number of nitrogens with one attached hydrogen (secondary N) is 1. The molecule has 21 heavy (non-hydrogen) atoms. The van der Waals surface area contributed by atoms with E-state index in [-0.39, 0.29) is 5.91 Å². The van der Waals surface area contributed by atoms with Crippen LogP contribution in [0.2, 0.25) is 0 Å². The van der Waals surface area contributed by atoms with Gasteiger partial charge >= 0.3 is 0 Å². The largest absolute Gasteiger partial charge is 0.359 e. The fourth-order valence-corrected chi connectivity index (χ4v) is 2.38. The molecule has 0 fully saturated rings. The van der Waals surface area contributed by atoms with E-state index in [1.165, 1.54) is 16.8 Å². The Bertz CT molecular complexity index is 585. The van der Waals surface area contributed by atoms with E-state index in [1.807, 2.05) is 13.0 Å². The number of carbonyl (C=O) groups is 1. The van der Waals surface area contributed by atoms with E-state index in [2.05, 4.69) is 58.9 Å². The predicted molar refractivity (Wildman–Crippen MR) is 89.0 cm³/mol. The van der Waals surface area contributed by atoms with Crippen molar-refractivity contribution in [1.82, 2.24) is 5.32 Å². The molecule has 0 saturated heterocycles. The van der Waals surface area contributed by atoms with E-state index >= 15 is 0 Å². The number of allylic oxidation sites excluding steroid dienone is 5. The van der Waals surface area contributed by atoms with E-state index in [4.69, 9.17) is 0 Å². The number of carbonyl (C=O) groups excluding carboxylic acids is 1. The molecule has 0 aromatic heterocycles. The van der Waals surface area contributed by atoms with E-state index in [0.717, 1.165) is 13.0 Å². The molecule has 1 N–H and O–H groups in total. The standard InChI is InChI=1S/C18H22N2O/c1-3-4-8-15-12-14-20(13-7-11-18(21)19-2)17-10-6-5-9-16(15)17/h3-6,8-10,12,14H,7,11,13H2,1-2H3,(H,19,21). The fraction of sp³-hybridized carbons (Fsp3) is 0.278. The van der Waals surface area contributed by atoms with Crippen molar-refractivity contribution in [2.75, 3.05) is 18.5 Å². The van der Waals surface area contributed by atoms with Gasteiger partial charge in [0.25, 0.3) is 0 Å². The monoisotopic (exact) mass is 282 g/mol. The first-order chi connectivity index (χ1) is 10.3. The van der Waals surface area contributed by atoms with Crippen molar-refractivity contribution < 1.29 is 4.79 Å². The molecule has 0 radical (unpaired) electrons. The summed E-state index contributed by atoms with van der Waals surface area (Å²) >= 11 is 0. The van der Waals surface area contributed by atoms with Gasteiger partial charge in [0.2, 0.25) is 5.91 Å².